The molecule has 0 saturated carbocycles. The molecule has 1 aliphatic rings. The predicted molar refractivity (Wildman–Crippen MR) is 91.3 cm³/mol. The first-order valence-electron chi connectivity index (χ1n) is 7.07. The summed E-state index contributed by atoms with van der Waals surface area (Å²) in [6.07, 6.45) is 2.12. The number of nitrogens with zero attached hydrogens (tertiary/aromatic N) is 1. The number of nitrogens with one attached hydrogen (secondary N) is 2. The Kier molecular flexibility index (Phi) is 5.64. The lowest BCUT2D eigenvalue weighted by Gasteiger charge is -2.25. The summed E-state index contributed by atoms with van der Waals surface area (Å²) in [5.74, 6) is 0.878. The lowest BCUT2D eigenvalue weighted by Crippen LogP contribution is -2.44. The molecule has 2 aromatic rings. The quantitative estimate of drug-likeness (QED) is 0.910. The van der Waals surface area contributed by atoms with E-state index in [-0.39, 0.29) is 12.4 Å². The fraction of sp³-hybridized carbons (Fsp3) is 0.235. The van der Waals surface area contributed by atoms with Crippen LogP contribution in [0.15, 0.2) is 65.7 Å². The maximum absolute atomic E-state index is 4.51. The van der Waals surface area contributed by atoms with E-state index in [0.29, 0.717) is 6.04 Å². The second-order valence-electron chi connectivity index (χ2n) is 5.04. The zero-order valence-corrected chi connectivity index (χ0v) is 12.6. The first-order valence-corrected chi connectivity index (χ1v) is 7.07. The summed E-state index contributed by atoms with van der Waals surface area (Å²) in [6.45, 7) is 0.875. The summed E-state index contributed by atoms with van der Waals surface area (Å²) < 4.78 is 0. The normalized spacial score (nSPS) is 17.1. The molecule has 3 nitrogen and oxygen atoms in total. The Bertz CT molecular complexity index is 569. The van der Waals surface area contributed by atoms with Gasteiger partial charge in [-0.1, -0.05) is 48.5 Å². The summed E-state index contributed by atoms with van der Waals surface area (Å²) in [5.41, 5.74) is 2.44. The number of aliphatic imine (C=N–C) groups is 1. The van der Waals surface area contributed by atoms with Crippen molar-refractivity contribution in [1.29, 1.82) is 0 Å². The zero-order chi connectivity index (χ0) is 13.6. The highest BCUT2D eigenvalue weighted by molar-refractivity contribution is 5.94. The molecular weight excluding hydrogens is 282 g/mol. The standard InChI is InChI=1S/C17H19N3.ClH/c1-3-7-14(8-4-1)13-16-11-12-18-17(20-16)19-15-9-5-2-6-10-15;/h1-10,16H,11-13H2,(H2,18,19,20);1H. The lowest BCUT2D eigenvalue weighted by atomic mass is 10.0. The molecule has 21 heavy (non-hydrogen) atoms. The largest absolute Gasteiger partial charge is 0.353 e. The number of hydrogen-bond donors (Lipinski definition) is 2. The molecule has 110 valence electrons. The highest BCUT2D eigenvalue weighted by Gasteiger charge is 2.15. The van der Waals surface area contributed by atoms with Crippen LogP contribution >= 0.6 is 12.4 Å². The van der Waals surface area contributed by atoms with E-state index >= 15 is 0 Å². The molecule has 4 heteroatoms. The molecule has 3 rings (SSSR count). The minimum atomic E-state index is 0. The Hall–Kier alpha value is -2.00. The Balaban J connectivity index is 0.00000161. The first kappa shape index (κ1) is 15.4. The number of rotatable bonds is 3. The van der Waals surface area contributed by atoms with E-state index < -0.39 is 0 Å². The Morgan fingerprint density at radius 2 is 1.67 bits per heavy atom. The second-order valence-corrected chi connectivity index (χ2v) is 5.04. The number of para-hydroxylation sites is 1. The molecule has 1 heterocycles. The molecule has 0 fully saturated rings. The van der Waals surface area contributed by atoms with Gasteiger partial charge in [0.1, 0.15) is 0 Å². The van der Waals surface area contributed by atoms with E-state index in [1.165, 1.54) is 5.56 Å². The van der Waals surface area contributed by atoms with E-state index in [2.05, 4.69) is 46.0 Å². The van der Waals surface area contributed by atoms with Gasteiger partial charge < -0.3 is 10.6 Å². The van der Waals surface area contributed by atoms with Crippen LogP contribution in [0.1, 0.15) is 12.0 Å². The van der Waals surface area contributed by atoms with Crippen molar-refractivity contribution in [2.75, 3.05) is 11.9 Å². The van der Waals surface area contributed by atoms with E-state index in [0.717, 1.165) is 31.0 Å². The fourth-order valence-corrected chi connectivity index (χ4v) is 2.43. The highest BCUT2D eigenvalue weighted by atomic mass is 35.5. The second kappa shape index (κ2) is 7.70. The van der Waals surface area contributed by atoms with Crippen molar-refractivity contribution in [2.45, 2.75) is 18.9 Å². The van der Waals surface area contributed by atoms with Gasteiger partial charge in [-0.05, 0) is 30.5 Å². The van der Waals surface area contributed by atoms with Gasteiger partial charge in [-0.15, -0.1) is 12.4 Å². The molecular formula is C17H20ClN3. The number of benzene rings is 2. The lowest BCUT2D eigenvalue weighted by molar-refractivity contribution is 0.541. The van der Waals surface area contributed by atoms with Crippen LogP contribution in [-0.2, 0) is 6.42 Å². The maximum Gasteiger partial charge on any atom is 0.196 e. The Labute approximate surface area is 131 Å². The molecule has 0 spiro atoms. The van der Waals surface area contributed by atoms with Crippen molar-refractivity contribution >= 4 is 24.1 Å². The summed E-state index contributed by atoms with van der Waals surface area (Å²) in [4.78, 5) is 4.51. The van der Waals surface area contributed by atoms with Crippen molar-refractivity contribution in [3.05, 3.63) is 66.2 Å². The van der Waals surface area contributed by atoms with Gasteiger partial charge in [0.2, 0.25) is 0 Å². The molecule has 2 N–H and O–H groups in total. The number of guanidine groups is 1. The number of hydrogen-bond acceptors (Lipinski definition) is 3. The van der Waals surface area contributed by atoms with Crippen molar-refractivity contribution in [3.8, 4) is 0 Å². The van der Waals surface area contributed by atoms with Gasteiger partial charge in [-0.2, -0.15) is 0 Å². The van der Waals surface area contributed by atoms with Crippen LogP contribution in [0, 0.1) is 0 Å². The highest BCUT2D eigenvalue weighted by Crippen LogP contribution is 2.11. The number of anilines is 1. The minimum Gasteiger partial charge on any atom is -0.353 e. The van der Waals surface area contributed by atoms with E-state index in [9.17, 15) is 0 Å². The third-order valence-electron chi connectivity index (χ3n) is 3.45. The van der Waals surface area contributed by atoms with Crippen LogP contribution in [0.2, 0.25) is 0 Å². The maximum atomic E-state index is 4.51. The topological polar surface area (TPSA) is 36.4 Å². The first-order chi connectivity index (χ1) is 9.90. The van der Waals surface area contributed by atoms with Crippen LogP contribution in [-0.4, -0.2) is 18.5 Å². The molecule has 0 amide bonds. The summed E-state index contributed by atoms with van der Waals surface area (Å²) in [7, 11) is 0. The molecule has 1 unspecified atom stereocenters. The van der Waals surface area contributed by atoms with Gasteiger partial charge in [-0.3, -0.25) is 4.99 Å². The molecule has 0 saturated heterocycles. The van der Waals surface area contributed by atoms with Gasteiger partial charge in [0.15, 0.2) is 5.96 Å². The molecule has 0 aliphatic carbocycles. The van der Waals surface area contributed by atoms with Crippen LogP contribution < -0.4 is 10.6 Å². The zero-order valence-electron chi connectivity index (χ0n) is 11.8. The smallest absolute Gasteiger partial charge is 0.196 e. The average molecular weight is 302 g/mol. The molecule has 0 aromatic heterocycles. The summed E-state index contributed by atoms with van der Waals surface area (Å²) in [5, 5.41) is 6.82. The van der Waals surface area contributed by atoms with Crippen LogP contribution in [0.25, 0.3) is 0 Å². The van der Waals surface area contributed by atoms with Crippen LogP contribution in [0.4, 0.5) is 5.69 Å². The number of halogens is 1. The minimum absolute atomic E-state index is 0. The molecule has 0 bridgehead atoms. The fourth-order valence-electron chi connectivity index (χ4n) is 2.43. The van der Waals surface area contributed by atoms with Crippen molar-refractivity contribution in [3.63, 3.8) is 0 Å². The van der Waals surface area contributed by atoms with Crippen molar-refractivity contribution in [2.24, 2.45) is 4.99 Å². The van der Waals surface area contributed by atoms with Gasteiger partial charge in [0, 0.05) is 18.3 Å². The molecule has 2 aromatic carbocycles. The molecule has 0 radical (unpaired) electrons. The van der Waals surface area contributed by atoms with Gasteiger partial charge in [0.05, 0.1) is 0 Å². The van der Waals surface area contributed by atoms with Crippen molar-refractivity contribution in [1.82, 2.24) is 5.32 Å². The predicted octanol–water partition coefficient (Wildman–Crippen LogP) is 3.48. The third-order valence-corrected chi connectivity index (χ3v) is 3.45. The van der Waals surface area contributed by atoms with E-state index in [1.54, 1.807) is 0 Å². The Morgan fingerprint density at radius 3 is 2.38 bits per heavy atom. The van der Waals surface area contributed by atoms with E-state index in [1.807, 2.05) is 30.3 Å². The van der Waals surface area contributed by atoms with Gasteiger partial charge >= 0.3 is 0 Å². The van der Waals surface area contributed by atoms with Crippen molar-refractivity contribution < 1.29 is 0 Å². The summed E-state index contributed by atoms with van der Waals surface area (Å²) in [6, 6.07) is 21.2. The molecule has 1 atom stereocenters. The van der Waals surface area contributed by atoms with Gasteiger partial charge in [-0.25, -0.2) is 0 Å². The van der Waals surface area contributed by atoms with Crippen LogP contribution in [0.3, 0.4) is 0 Å². The third kappa shape index (κ3) is 4.50. The Morgan fingerprint density at radius 1 is 1.00 bits per heavy atom. The van der Waals surface area contributed by atoms with Gasteiger partial charge in [0.25, 0.3) is 0 Å². The van der Waals surface area contributed by atoms with E-state index in [4.69, 9.17) is 0 Å². The van der Waals surface area contributed by atoms with Crippen LogP contribution in [0.5, 0.6) is 0 Å². The average Bonchev–Trinajstić information content (AvgIpc) is 2.50. The summed E-state index contributed by atoms with van der Waals surface area (Å²) >= 11 is 0. The molecule has 1 aliphatic heterocycles. The SMILES string of the molecule is Cl.c1ccc(CC2CCN=C(Nc3ccccc3)N2)cc1. The monoisotopic (exact) mass is 301 g/mol.